The van der Waals surface area contributed by atoms with Gasteiger partial charge in [-0.05, 0) is 55.2 Å². The Bertz CT molecular complexity index is 987. The molecule has 7 heteroatoms. The maximum absolute atomic E-state index is 13.2. The first-order chi connectivity index (χ1) is 13.9. The number of carbonyl (C=O) groups is 1. The van der Waals surface area contributed by atoms with Crippen molar-refractivity contribution in [1.82, 2.24) is 14.8 Å². The van der Waals surface area contributed by atoms with Crippen LogP contribution in [0.4, 0.5) is 10.1 Å². The molecule has 1 amide bonds. The first kappa shape index (κ1) is 21.0. The molecule has 152 valence electrons. The average molecular weight is 413 g/mol. The molecule has 5 nitrogen and oxygen atoms in total. The fourth-order valence-electron chi connectivity index (χ4n) is 2.97. The summed E-state index contributed by atoms with van der Waals surface area (Å²) in [6, 6.07) is 14.0. The summed E-state index contributed by atoms with van der Waals surface area (Å²) in [4.78, 5) is 12.8. The highest BCUT2D eigenvalue weighted by atomic mass is 32.2. The number of carbonyl (C=O) groups excluding carboxylic acids is 1. The molecule has 1 N–H and O–H groups in total. The second kappa shape index (κ2) is 9.22. The van der Waals surface area contributed by atoms with E-state index in [-0.39, 0.29) is 17.0 Å². The third-order valence-corrected chi connectivity index (χ3v) is 6.08. The molecule has 2 aromatic carbocycles. The lowest BCUT2D eigenvalue weighted by molar-refractivity contribution is -0.115. The van der Waals surface area contributed by atoms with E-state index in [0.29, 0.717) is 16.9 Å². The molecule has 1 heterocycles. The molecular weight excluding hydrogens is 387 g/mol. The van der Waals surface area contributed by atoms with Crippen LogP contribution in [-0.4, -0.2) is 25.9 Å². The van der Waals surface area contributed by atoms with Gasteiger partial charge in [0, 0.05) is 18.3 Å². The van der Waals surface area contributed by atoms with Crippen LogP contribution in [0.15, 0.2) is 53.7 Å². The third kappa shape index (κ3) is 4.85. The third-order valence-electron chi connectivity index (χ3n) is 4.95. The number of nitrogens with one attached hydrogen (secondary N) is 1. The summed E-state index contributed by atoms with van der Waals surface area (Å²) in [5, 5.41) is 11.7. The molecule has 0 aliphatic heterocycles. The van der Waals surface area contributed by atoms with Crippen LogP contribution in [0.25, 0.3) is 11.4 Å². The molecule has 0 spiro atoms. The predicted molar refractivity (Wildman–Crippen MR) is 115 cm³/mol. The summed E-state index contributed by atoms with van der Waals surface area (Å²) in [5.74, 6) is 0.610. The molecule has 3 rings (SSSR count). The van der Waals surface area contributed by atoms with Crippen LogP contribution in [0.1, 0.15) is 38.7 Å². The quantitative estimate of drug-likeness (QED) is 0.538. The molecule has 0 saturated carbocycles. The van der Waals surface area contributed by atoms with Crippen LogP contribution in [-0.2, 0) is 11.8 Å². The molecule has 29 heavy (non-hydrogen) atoms. The van der Waals surface area contributed by atoms with Gasteiger partial charge in [-0.2, -0.15) is 0 Å². The van der Waals surface area contributed by atoms with Crippen LogP contribution in [0.2, 0.25) is 0 Å². The zero-order chi connectivity index (χ0) is 21.0. The summed E-state index contributed by atoms with van der Waals surface area (Å²) in [7, 11) is 1.84. The first-order valence-corrected chi connectivity index (χ1v) is 10.5. The number of hydrogen-bond donors (Lipinski definition) is 1. The monoisotopic (exact) mass is 412 g/mol. The summed E-state index contributed by atoms with van der Waals surface area (Å²) in [6.07, 6.45) is 1.00. The molecule has 0 aliphatic rings. The van der Waals surface area contributed by atoms with Crippen molar-refractivity contribution >= 4 is 23.4 Å². The standard InChI is InChI=1S/C22H25FN4OS/c1-5-14(2)18-8-6-7-9-19(18)24-21(28)15(3)29-22-26-25-20(27(22)4)16-10-12-17(23)13-11-16/h6-15H,5H2,1-4H3,(H,24,28)/t14-,15-/m0/s1. The van der Waals surface area contributed by atoms with E-state index in [1.54, 1.807) is 12.1 Å². The molecule has 0 bridgehead atoms. The smallest absolute Gasteiger partial charge is 0.237 e. The SMILES string of the molecule is CC[C@H](C)c1ccccc1NC(=O)[C@H](C)Sc1nnc(-c2ccc(F)cc2)n1C. The first-order valence-electron chi connectivity index (χ1n) is 9.62. The zero-order valence-corrected chi connectivity index (χ0v) is 17.8. The number of hydrogen-bond acceptors (Lipinski definition) is 4. The van der Waals surface area contributed by atoms with E-state index in [9.17, 15) is 9.18 Å². The topological polar surface area (TPSA) is 59.8 Å². The van der Waals surface area contributed by atoms with Crippen LogP contribution < -0.4 is 5.32 Å². The number of rotatable bonds is 7. The largest absolute Gasteiger partial charge is 0.325 e. The minimum absolute atomic E-state index is 0.0860. The van der Waals surface area contributed by atoms with E-state index < -0.39 is 0 Å². The minimum Gasteiger partial charge on any atom is -0.325 e. The van der Waals surface area contributed by atoms with Gasteiger partial charge in [-0.15, -0.1) is 10.2 Å². The van der Waals surface area contributed by atoms with Crippen molar-refractivity contribution in [3.05, 3.63) is 59.9 Å². The number of amides is 1. The highest BCUT2D eigenvalue weighted by Gasteiger charge is 2.21. The van der Waals surface area contributed by atoms with Gasteiger partial charge in [0.2, 0.25) is 5.91 Å². The second-order valence-corrected chi connectivity index (χ2v) is 8.33. The number of thioether (sulfide) groups is 1. The van der Waals surface area contributed by atoms with Crippen LogP contribution in [0.3, 0.4) is 0 Å². The Balaban J connectivity index is 1.72. The zero-order valence-electron chi connectivity index (χ0n) is 17.0. The lowest BCUT2D eigenvalue weighted by Crippen LogP contribution is -2.23. The number of aromatic nitrogens is 3. The lowest BCUT2D eigenvalue weighted by Gasteiger charge is -2.17. The molecule has 3 aromatic rings. The van der Waals surface area contributed by atoms with Gasteiger partial charge in [-0.3, -0.25) is 4.79 Å². The van der Waals surface area contributed by atoms with E-state index >= 15 is 0 Å². The maximum atomic E-state index is 13.2. The number of anilines is 1. The van der Waals surface area contributed by atoms with Gasteiger partial charge in [0.1, 0.15) is 5.82 Å². The highest BCUT2D eigenvalue weighted by Crippen LogP contribution is 2.29. The van der Waals surface area contributed by atoms with E-state index in [0.717, 1.165) is 23.2 Å². The fourth-order valence-corrected chi connectivity index (χ4v) is 3.79. The van der Waals surface area contributed by atoms with Gasteiger partial charge in [0.05, 0.1) is 5.25 Å². The van der Waals surface area contributed by atoms with Crippen LogP contribution >= 0.6 is 11.8 Å². The van der Waals surface area contributed by atoms with Gasteiger partial charge < -0.3 is 9.88 Å². The van der Waals surface area contributed by atoms with Crippen molar-refractivity contribution in [1.29, 1.82) is 0 Å². The Morgan fingerprint density at radius 3 is 2.52 bits per heavy atom. The van der Waals surface area contributed by atoms with E-state index in [2.05, 4.69) is 35.4 Å². The number of nitrogens with zero attached hydrogens (tertiary/aromatic N) is 3. The van der Waals surface area contributed by atoms with Gasteiger partial charge >= 0.3 is 0 Å². The molecular formula is C22H25FN4OS. The molecule has 1 aromatic heterocycles. The molecule has 0 fully saturated rings. The Morgan fingerprint density at radius 1 is 1.14 bits per heavy atom. The van der Waals surface area contributed by atoms with Gasteiger partial charge in [0.25, 0.3) is 0 Å². The van der Waals surface area contributed by atoms with Crippen molar-refractivity contribution in [3.63, 3.8) is 0 Å². The molecule has 0 aliphatic carbocycles. The predicted octanol–water partition coefficient (Wildman–Crippen LogP) is 5.25. The molecule has 0 radical (unpaired) electrons. The Hall–Kier alpha value is -2.67. The van der Waals surface area contributed by atoms with Gasteiger partial charge in [-0.25, -0.2) is 4.39 Å². The average Bonchev–Trinajstić information content (AvgIpc) is 3.08. The summed E-state index contributed by atoms with van der Waals surface area (Å²) < 4.78 is 15.0. The summed E-state index contributed by atoms with van der Waals surface area (Å²) in [5.41, 5.74) is 2.76. The minimum atomic E-state index is -0.357. The van der Waals surface area contributed by atoms with Crippen molar-refractivity contribution in [2.24, 2.45) is 7.05 Å². The molecule has 0 unspecified atom stereocenters. The Kier molecular flexibility index (Phi) is 6.69. The lowest BCUT2D eigenvalue weighted by atomic mass is 9.97. The normalized spacial score (nSPS) is 13.1. The Morgan fingerprint density at radius 2 is 1.83 bits per heavy atom. The van der Waals surface area contributed by atoms with Crippen LogP contribution in [0, 0.1) is 5.82 Å². The summed E-state index contributed by atoms with van der Waals surface area (Å²) >= 11 is 1.34. The Labute approximate surface area is 174 Å². The molecule has 2 atom stereocenters. The number of para-hydroxylation sites is 1. The maximum Gasteiger partial charge on any atom is 0.237 e. The van der Waals surface area contributed by atoms with Crippen molar-refractivity contribution in [2.75, 3.05) is 5.32 Å². The van der Waals surface area contributed by atoms with Crippen molar-refractivity contribution in [2.45, 2.75) is 43.5 Å². The summed E-state index contributed by atoms with van der Waals surface area (Å²) in [6.45, 7) is 6.13. The highest BCUT2D eigenvalue weighted by molar-refractivity contribution is 8.00. The fraction of sp³-hybridized carbons (Fsp3) is 0.318. The number of halogens is 1. The van der Waals surface area contributed by atoms with Crippen molar-refractivity contribution in [3.8, 4) is 11.4 Å². The van der Waals surface area contributed by atoms with Crippen LogP contribution in [0.5, 0.6) is 0 Å². The van der Waals surface area contributed by atoms with Crippen molar-refractivity contribution < 1.29 is 9.18 Å². The van der Waals surface area contributed by atoms with E-state index in [1.165, 1.54) is 23.9 Å². The van der Waals surface area contributed by atoms with E-state index in [1.807, 2.05) is 36.7 Å². The van der Waals surface area contributed by atoms with Gasteiger partial charge in [-0.1, -0.05) is 43.8 Å². The second-order valence-electron chi connectivity index (χ2n) is 7.02. The molecule has 0 saturated heterocycles. The number of benzene rings is 2. The van der Waals surface area contributed by atoms with E-state index in [4.69, 9.17) is 0 Å². The van der Waals surface area contributed by atoms with Gasteiger partial charge in [0.15, 0.2) is 11.0 Å².